The third-order valence-electron chi connectivity index (χ3n) is 1.40. The predicted molar refractivity (Wildman–Crippen MR) is 64.0 cm³/mol. The van der Waals surface area contributed by atoms with Crippen molar-refractivity contribution in [2.24, 2.45) is 16.5 Å². The minimum Gasteiger partial charge on any atom is -0.370 e. The summed E-state index contributed by atoms with van der Waals surface area (Å²) in [7, 11) is 0. The summed E-state index contributed by atoms with van der Waals surface area (Å²) in [4.78, 5) is 14.5. The molecule has 1 rings (SSSR count). The van der Waals surface area contributed by atoms with Gasteiger partial charge < -0.3 is 16.8 Å². The van der Waals surface area contributed by atoms with Crippen LogP contribution in [0.5, 0.6) is 0 Å². The zero-order chi connectivity index (χ0) is 11.4. The van der Waals surface area contributed by atoms with Crippen LogP contribution in [0.3, 0.4) is 0 Å². The van der Waals surface area contributed by atoms with Crippen molar-refractivity contribution >= 4 is 45.2 Å². The fourth-order valence-corrected chi connectivity index (χ4v) is 1.63. The van der Waals surface area contributed by atoms with Crippen LogP contribution in [0, 0.1) is 0 Å². The van der Waals surface area contributed by atoms with Gasteiger partial charge in [0, 0.05) is 9.50 Å². The third-order valence-corrected chi connectivity index (χ3v) is 2.29. The summed E-state index contributed by atoms with van der Waals surface area (Å²) in [5.41, 5.74) is 10.6. The third kappa shape index (κ3) is 3.77. The van der Waals surface area contributed by atoms with Gasteiger partial charge in [0.25, 0.3) is 0 Å². The Balaban J connectivity index is 2.82. The molecule has 0 spiro atoms. The maximum Gasteiger partial charge on any atom is 0.348 e. The molecule has 80 valence electrons. The van der Waals surface area contributed by atoms with Crippen LogP contribution < -0.4 is 16.8 Å². The number of nitrogens with two attached hydrogens (primary N) is 2. The van der Waals surface area contributed by atoms with Crippen LogP contribution in [-0.2, 0) is 0 Å². The molecule has 2 amide bonds. The molecule has 5 nitrogen and oxygen atoms in total. The fourth-order valence-electron chi connectivity index (χ4n) is 0.851. The number of halogens is 2. The van der Waals surface area contributed by atoms with Gasteiger partial charge in [-0.1, -0.05) is 11.6 Å². The Labute approximate surface area is 99.6 Å². The van der Waals surface area contributed by atoms with Crippen LogP contribution in [0.15, 0.2) is 27.7 Å². The molecule has 0 aliphatic rings. The summed E-state index contributed by atoms with van der Waals surface area (Å²) in [6, 6.07) is 4.27. The van der Waals surface area contributed by atoms with Crippen molar-refractivity contribution in [3.8, 4) is 0 Å². The lowest BCUT2D eigenvalue weighted by Crippen LogP contribution is -2.25. The summed E-state index contributed by atoms with van der Waals surface area (Å²) in [5.74, 6) is -0.294. The zero-order valence-corrected chi connectivity index (χ0v) is 9.84. The molecule has 0 aliphatic carbocycles. The molecule has 7 heteroatoms. The number of rotatable bonds is 1. The molecule has 15 heavy (non-hydrogen) atoms. The first-order chi connectivity index (χ1) is 6.99. The average Bonchev–Trinajstić information content (AvgIpc) is 2.08. The molecule has 0 bridgehead atoms. The number of amides is 2. The van der Waals surface area contributed by atoms with Gasteiger partial charge in [-0.05, 0) is 34.1 Å². The Hall–Kier alpha value is -1.27. The van der Waals surface area contributed by atoms with E-state index in [-0.39, 0.29) is 5.96 Å². The highest BCUT2D eigenvalue weighted by Gasteiger charge is 2.04. The number of anilines is 1. The SMILES string of the molecule is NC(N)=NC(=O)Nc1ccc(Cl)cc1Br. The van der Waals surface area contributed by atoms with Gasteiger partial charge in [-0.15, -0.1) is 0 Å². The monoisotopic (exact) mass is 290 g/mol. The van der Waals surface area contributed by atoms with E-state index in [1.54, 1.807) is 18.2 Å². The number of hydrogen-bond acceptors (Lipinski definition) is 1. The Kier molecular flexibility index (Phi) is 3.93. The van der Waals surface area contributed by atoms with E-state index in [1.807, 2.05) is 0 Å². The van der Waals surface area contributed by atoms with Gasteiger partial charge in [-0.25, -0.2) is 4.79 Å². The molecule has 1 aromatic rings. The van der Waals surface area contributed by atoms with Crippen LogP contribution in [0.2, 0.25) is 5.02 Å². The highest BCUT2D eigenvalue weighted by molar-refractivity contribution is 9.10. The summed E-state index contributed by atoms with van der Waals surface area (Å²) < 4.78 is 0.647. The standard InChI is InChI=1S/C8H8BrClN4O/c9-5-3-4(10)1-2-6(5)13-8(15)14-7(11)12/h1-3H,(H5,11,12,13,14,15). The average molecular weight is 292 g/mol. The molecule has 0 aliphatic heterocycles. The molecule has 0 aromatic heterocycles. The van der Waals surface area contributed by atoms with Crippen LogP contribution in [-0.4, -0.2) is 12.0 Å². The number of carbonyl (C=O) groups excluding carboxylic acids is 1. The molecule has 0 atom stereocenters. The highest BCUT2D eigenvalue weighted by atomic mass is 79.9. The number of nitrogens with zero attached hydrogens (tertiary/aromatic N) is 1. The molecule has 0 heterocycles. The first-order valence-electron chi connectivity index (χ1n) is 3.84. The Morgan fingerprint density at radius 3 is 2.67 bits per heavy atom. The molecule has 0 radical (unpaired) electrons. The molecular weight excluding hydrogens is 283 g/mol. The fraction of sp³-hybridized carbons (Fsp3) is 0. The summed E-state index contributed by atoms with van der Waals surface area (Å²) in [5, 5.41) is 3.03. The second kappa shape index (κ2) is 4.99. The van der Waals surface area contributed by atoms with E-state index in [1.165, 1.54) is 0 Å². The van der Waals surface area contributed by atoms with Crippen molar-refractivity contribution in [1.29, 1.82) is 0 Å². The first-order valence-corrected chi connectivity index (χ1v) is 5.02. The van der Waals surface area contributed by atoms with Gasteiger partial charge in [0.1, 0.15) is 0 Å². The van der Waals surface area contributed by atoms with Crippen molar-refractivity contribution in [2.45, 2.75) is 0 Å². The molecule has 0 saturated heterocycles. The van der Waals surface area contributed by atoms with Gasteiger partial charge >= 0.3 is 6.03 Å². The van der Waals surface area contributed by atoms with E-state index in [4.69, 9.17) is 23.1 Å². The molecule has 1 aromatic carbocycles. The van der Waals surface area contributed by atoms with Crippen molar-refractivity contribution in [3.05, 3.63) is 27.7 Å². The topological polar surface area (TPSA) is 93.5 Å². The van der Waals surface area contributed by atoms with Gasteiger partial charge in [0.15, 0.2) is 5.96 Å². The highest BCUT2D eigenvalue weighted by Crippen LogP contribution is 2.25. The van der Waals surface area contributed by atoms with Crippen molar-refractivity contribution < 1.29 is 4.79 Å². The number of nitrogens with one attached hydrogen (secondary N) is 1. The zero-order valence-electron chi connectivity index (χ0n) is 7.50. The summed E-state index contributed by atoms with van der Waals surface area (Å²) in [6.45, 7) is 0. The van der Waals surface area contributed by atoms with Crippen molar-refractivity contribution in [1.82, 2.24) is 0 Å². The largest absolute Gasteiger partial charge is 0.370 e. The van der Waals surface area contributed by atoms with Crippen LogP contribution in [0.4, 0.5) is 10.5 Å². The lowest BCUT2D eigenvalue weighted by molar-refractivity contribution is 0.259. The molecule has 0 fully saturated rings. The molecule has 0 unspecified atom stereocenters. The normalized spacial score (nSPS) is 9.47. The lowest BCUT2D eigenvalue weighted by Gasteiger charge is -2.04. The number of hydrogen-bond donors (Lipinski definition) is 3. The second-order valence-electron chi connectivity index (χ2n) is 2.59. The van der Waals surface area contributed by atoms with Crippen LogP contribution >= 0.6 is 27.5 Å². The Morgan fingerprint density at radius 1 is 1.47 bits per heavy atom. The van der Waals surface area contributed by atoms with E-state index < -0.39 is 6.03 Å². The second-order valence-corrected chi connectivity index (χ2v) is 3.88. The number of carbonyl (C=O) groups is 1. The Morgan fingerprint density at radius 2 is 2.13 bits per heavy atom. The quantitative estimate of drug-likeness (QED) is 0.545. The van der Waals surface area contributed by atoms with Crippen LogP contribution in [0.1, 0.15) is 0 Å². The van der Waals surface area contributed by atoms with E-state index in [0.717, 1.165) is 0 Å². The van der Waals surface area contributed by atoms with E-state index in [2.05, 4.69) is 26.2 Å². The lowest BCUT2D eigenvalue weighted by atomic mass is 10.3. The van der Waals surface area contributed by atoms with E-state index in [9.17, 15) is 4.79 Å². The maximum absolute atomic E-state index is 11.1. The van der Waals surface area contributed by atoms with Crippen LogP contribution in [0.25, 0.3) is 0 Å². The van der Waals surface area contributed by atoms with E-state index in [0.29, 0.717) is 15.2 Å². The first kappa shape index (κ1) is 11.8. The minimum absolute atomic E-state index is 0.294. The smallest absolute Gasteiger partial charge is 0.348 e. The van der Waals surface area contributed by atoms with Crippen molar-refractivity contribution in [3.63, 3.8) is 0 Å². The summed E-state index contributed by atoms with van der Waals surface area (Å²) in [6.07, 6.45) is 0. The number of aliphatic imine (C=N–C) groups is 1. The predicted octanol–water partition coefficient (Wildman–Crippen LogP) is 1.91. The minimum atomic E-state index is -0.641. The molecule has 0 saturated carbocycles. The maximum atomic E-state index is 11.1. The Bertz CT molecular complexity index is 417. The van der Waals surface area contributed by atoms with Gasteiger partial charge in [-0.3, -0.25) is 0 Å². The van der Waals surface area contributed by atoms with Crippen molar-refractivity contribution in [2.75, 3.05) is 5.32 Å². The summed E-state index contributed by atoms with van der Waals surface area (Å²) >= 11 is 8.96. The van der Waals surface area contributed by atoms with Gasteiger partial charge in [0.05, 0.1) is 5.69 Å². The molecular formula is C8H8BrClN4O. The number of urea groups is 1. The van der Waals surface area contributed by atoms with Gasteiger partial charge in [0.2, 0.25) is 0 Å². The van der Waals surface area contributed by atoms with E-state index >= 15 is 0 Å². The van der Waals surface area contributed by atoms with Gasteiger partial charge in [-0.2, -0.15) is 4.99 Å². The molecule has 5 N–H and O–H groups in total. The number of benzene rings is 1. The number of guanidine groups is 1.